The SMILES string of the molecule is Cc1ccnn1CCC(=O)Nc1cccc(Cn2cc(Cl)cn2)c1. The number of hydrogen-bond acceptors (Lipinski definition) is 3. The molecule has 6 nitrogen and oxygen atoms in total. The van der Waals surface area contributed by atoms with Crippen molar-refractivity contribution < 1.29 is 4.79 Å². The lowest BCUT2D eigenvalue weighted by Crippen LogP contribution is -2.15. The molecule has 0 aliphatic rings. The molecular weight excluding hydrogens is 326 g/mol. The number of carbonyl (C=O) groups excluding carboxylic acids is 1. The van der Waals surface area contributed by atoms with Crippen LogP contribution < -0.4 is 5.32 Å². The third kappa shape index (κ3) is 4.23. The van der Waals surface area contributed by atoms with E-state index in [9.17, 15) is 4.79 Å². The quantitative estimate of drug-likeness (QED) is 0.748. The summed E-state index contributed by atoms with van der Waals surface area (Å²) in [6.45, 7) is 3.13. The van der Waals surface area contributed by atoms with E-state index in [-0.39, 0.29) is 5.91 Å². The molecule has 2 heterocycles. The number of amides is 1. The molecule has 24 heavy (non-hydrogen) atoms. The van der Waals surface area contributed by atoms with Crippen LogP contribution in [0.3, 0.4) is 0 Å². The maximum absolute atomic E-state index is 12.1. The highest BCUT2D eigenvalue weighted by atomic mass is 35.5. The summed E-state index contributed by atoms with van der Waals surface area (Å²) >= 11 is 5.87. The van der Waals surface area contributed by atoms with Gasteiger partial charge in [-0.3, -0.25) is 14.2 Å². The summed E-state index contributed by atoms with van der Waals surface area (Å²) in [7, 11) is 0. The molecule has 1 N–H and O–H groups in total. The van der Waals surface area contributed by atoms with E-state index in [1.165, 1.54) is 0 Å². The fourth-order valence-corrected chi connectivity index (χ4v) is 2.58. The van der Waals surface area contributed by atoms with Gasteiger partial charge < -0.3 is 5.32 Å². The molecule has 0 aliphatic heterocycles. The highest BCUT2D eigenvalue weighted by Gasteiger charge is 2.06. The van der Waals surface area contributed by atoms with Crippen LogP contribution in [0.15, 0.2) is 48.9 Å². The van der Waals surface area contributed by atoms with Gasteiger partial charge in [0, 0.05) is 36.7 Å². The standard InChI is InChI=1S/C17H18ClN5O/c1-13-5-7-19-23(13)8-6-17(24)21-16-4-2-3-14(9-16)11-22-12-15(18)10-20-22/h2-5,7,9-10,12H,6,8,11H2,1H3,(H,21,24). The fourth-order valence-electron chi connectivity index (χ4n) is 2.42. The van der Waals surface area contributed by atoms with Gasteiger partial charge in [0.25, 0.3) is 0 Å². The second kappa shape index (κ2) is 7.31. The lowest BCUT2D eigenvalue weighted by Gasteiger charge is -2.08. The van der Waals surface area contributed by atoms with E-state index in [1.807, 2.05) is 41.9 Å². The Bertz CT molecular complexity index is 839. The van der Waals surface area contributed by atoms with Crippen molar-refractivity contribution in [2.75, 3.05) is 5.32 Å². The summed E-state index contributed by atoms with van der Waals surface area (Å²) in [4.78, 5) is 12.1. The molecule has 0 fully saturated rings. The maximum atomic E-state index is 12.1. The average molecular weight is 344 g/mol. The van der Waals surface area contributed by atoms with E-state index in [0.717, 1.165) is 16.9 Å². The zero-order valence-electron chi connectivity index (χ0n) is 13.3. The van der Waals surface area contributed by atoms with Gasteiger partial charge in [0.05, 0.1) is 17.8 Å². The Morgan fingerprint density at radius 1 is 1.29 bits per heavy atom. The maximum Gasteiger partial charge on any atom is 0.226 e. The van der Waals surface area contributed by atoms with Crippen molar-refractivity contribution in [3.8, 4) is 0 Å². The molecule has 124 valence electrons. The topological polar surface area (TPSA) is 64.7 Å². The van der Waals surface area contributed by atoms with Gasteiger partial charge in [0.15, 0.2) is 0 Å². The second-order valence-electron chi connectivity index (χ2n) is 5.55. The highest BCUT2D eigenvalue weighted by molar-refractivity contribution is 6.30. The van der Waals surface area contributed by atoms with Crippen LogP contribution in [0.4, 0.5) is 5.69 Å². The van der Waals surface area contributed by atoms with Crippen molar-refractivity contribution >= 4 is 23.2 Å². The van der Waals surface area contributed by atoms with Crippen LogP contribution in [0.1, 0.15) is 17.7 Å². The highest BCUT2D eigenvalue weighted by Crippen LogP contribution is 2.13. The van der Waals surface area contributed by atoms with Crippen LogP contribution in [0.5, 0.6) is 0 Å². The Morgan fingerprint density at radius 2 is 2.17 bits per heavy atom. The first-order chi connectivity index (χ1) is 11.6. The minimum atomic E-state index is -0.0378. The number of aromatic nitrogens is 4. The number of benzene rings is 1. The lowest BCUT2D eigenvalue weighted by molar-refractivity contribution is -0.116. The molecule has 0 radical (unpaired) electrons. The van der Waals surface area contributed by atoms with Gasteiger partial charge in [-0.05, 0) is 30.7 Å². The minimum absolute atomic E-state index is 0.0378. The summed E-state index contributed by atoms with van der Waals surface area (Å²) in [5.74, 6) is -0.0378. The third-order valence-electron chi connectivity index (χ3n) is 3.64. The molecule has 0 atom stereocenters. The van der Waals surface area contributed by atoms with Gasteiger partial charge in [-0.1, -0.05) is 23.7 Å². The first-order valence-electron chi connectivity index (χ1n) is 7.65. The third-order valence-corrected chi connectivity index (χ3v) is 3.83. The molecule has 0 saturated heterocycles. The molecule has 0 saturated carbocycles. The molecule has 0 spiro atoms. The van der Waals surface area contributed by atoms with E-state index in [1.54, 1.807) is 23.3 Å². The number of nitrogens with zero attached hydrogens (tertiary/aromatic N) is 4. The van der Waals surface area contributed by atoms with Crippen LogP contribution in [0.25, 0.3) is 0 Å². The number of hydrogen-bond donors (Lipinski definition) is 1. The van der Waals surface area contributed by atoms with Crippen molar-refractivity contribution in [2.45, 2.75) is 26.4 Å². The Balaban J connectivity index is 1.57. The molecule has 1 amide bonds. The Labute approximate surface area is 145 Å². The molecular formula is C17H18ClN5O. The summed E-state index contributed by atoms with van der Waals surface area (Å²) in [5, 5.41) is 11.9. The largest absolute Gasteiger partial charge is 0.326 e. The predicted octanol–water partition coefficient (Wildman–Crippen LogP) is 3.12. The monoisotopic (exact) mass is 343 g/mol. The van der Waals surface area contributed by atoms with Crippen LogP contribution in [-0.4, -0.2) is 25.5 Å². The number of halogens is 1. The van der Waals surface area contributed by atoms with E-state index in [0.29, 0.717) is 24.5 Å². The van der Waals surface area contributed by atoms with Crippen molar-refractivity contribution in [1.29, 1.82) is 0 Å². The Hall–Kier alpha value is -2.60. The lowest BCUT2D eigenvalue weighted by atomic mass is 10.2. The Morgan fingerprint density at radius 3 is 2.88 bits per heavy atom. The molecule has 0 aliphatic carbocycles. The summed E-state index contributed by atoms with van der Waals surface area (Å²) in [6.07, 6.45) is 5.48. The zero-order chi connectivity index (χ0) is 16.9. The number of rotatable bonds is 6. The van der Waals surface area contributed by atoms with Gasteiger partial charge in [-0.25, -0.2) is 0 Å². The fraction of sp³-hybridized carbons (Fsp3) is 0.235. The van der Waals surface area contributed by atoms with Gasteiger partial charge in [0.1, 0.15) is 0 Å². The van der Waals surface area contributed by atoms with Gasteiger partial charge >= 0.3 is 0 Å². The van der Waals surface area contributed by atoms with Crippen LogP contribution >= 0.6 is 11.6 Å². The average Bonchev–Trinajstić information content (AvgIpc) is 3.14. The molecule has 0 unspecified atom stereocenters. The molecule has 3 aromatic rings. The molecule has 7 heteroatoms. The Kier molecular flexibility index (Phi) is 4.96. The number of nitrogens with one attached hydrogen (secondary N) is 1. The van der Waals surface area contributed by atoms with Crippen molar-refractivity contribution in [1.82, 2.24) is 19.6 Å². The number of carbonyl (C=O) groups is 1. The van der Waals surface area contributed by atoms with Crippen molar-refractivity contribution in [3.05, 3.63) is 65.2 Å². The normalized spacial score (nSPS) is 10.8. The van der Waals surface area contributed by atoms with Crippen LogP contribution in [0, 0.1) is 6.92 Å². The minimum Gasteiger partial charge on any atom is -0.326 e. The van der Waals surface area contributed by atoms with Gasteiger partial charge in [-0.2, -0.15) is 10.2 Å². The van der Waals surface area contributed by atoms with Gasteiger partial charge in [0.2, 0.25) is 5.91 Å². The second-order valence-corrected chi connectivity index (χ2v) is 5.99. The summed E-state index contributed by atoms with van der Waals surface area (Å²) < 4.78 is 3.57. The molecule has 1 aromatic carbocycles. The van der Waals surface area contributed by atoms with Crippen molar-refractivity contribution in [3.63, 3.8) is 0 Å². The van der Waals surface area contributed by atoms with Crippen LogP contribution in [0.2, 0.25) is 5.02 Å². The summed E-state index contributed by atoms with van der Waals surface area (Å²) in [6, 6.07) is 9.62. The molecule has 0 bridgehead atoms. The van der Waals surface area contributed by atoms with Crippen molar-refractivity contribution in [2.24, 2.45) is 0 Å². The first kappa shape index (κ1) is 16.3. The van der Waals surface area contributed by atoms with Crippen LogP contribution in [-0.2, 0) is 17.9 Å². The van der Waals surface area contributed by atoms with E-state index in [2.05, 4.69) is 15.5 Å². The smallest absolute Gasteiger partial charge is 0.226 e. The predicted molar refractivity (Wildman–Crippen MR) is 93.0 cm³/mol. The van der Waals surface area contributed by atoms with Gasteiger partial charge in [-0.15, -0.1) is 0 Å². The molecule has 3 rings (SSSR count). The number of aryl methyl sites for hydroxylation is 2. The number of anilines is 1. The van der Waals surface area contributed by atoms with E-state index in [4.69, 9.17) is 11.6 Å². The molecule has 2 aromatic heterocycles. The van der Waals surface area contributed by atoms with E-state index < -0.39 is 0 Å². The van der Waals surface area contributed by atoms with E-state index >= 15 is 0 Å². The first-order valence-corrected chi connectivity index (χ1v) is 8.03. The summed E-state index contributed by atoms with van der Waals surface area (Å²) in [5.41, 5.74) is 2.85. The zero-order valence-corrected chi connectivity index (χ0v) is 14.1.